The SMILES string of the molecule is C=C(NCCCC)N1CCc2c([nH]c3ccccc23)C1Cc1ccccc1. The minimum Gasteiger partial charge on any atom is -0.372 e. The summed E-state index contributed by atoms with van der Waals surface area (Å²) in [5, 5.41) is 4.92. The van der Waals surface area contributed by atoms with Crippen LogP contribution in [0.3, 0.4) is 0 Å². The minimum absolute atomic E-state index is 0.283. The molecule has 0 bridgehead atoms. The van der Waals surface area contributed by atoms with Crippen molar-refractivity contribution in [2.75, 3.05) is 13.1 Å². The van der Waals surface area contributed by atoms with Gasteiger partial charge in [0.15, 0.2) is 0 Å². The second kappa shape index (κ2) is 7.91. The fourth-order valence-corrected chi connectivity index (χ4v) is 4.20. The van der Waals surface area contributed by atoms with Gasteiger partial charge in [0.2, 0.25) is 0 Å². The van der Waals surface area contributed by atoms with E-state index in [1.54, 1.807) is 0 Å². The molecule has 0 amide bonds. The van der Waals surface area contributed by atoms with E-state index < -0.39 is 0 Å². The van der Waals surface area contributed by atoms with Crippen LogP contribution in [0.2, 0.25) is 0 Å². The van der Waals surface area contributed by atoms with Gasteiger partial charge in [0, 0.05) is 29.7 Å². The highest BCUT2D eigenvalue weighted by Gasteiger charge is 2.31. The number of H-pyrrole nitrogens is 1. The zero-order valence-electron chi connectivity index (χ0n) is 16.2. The molecule has 2 heterocycles. The average Bonchev–Trinajstić information content (AvgIpc) is 3.08. The number of benzene rings is 2. The second-order valence-corrected chi connectivity index (χ2v) is 7.44. The van der Waals surface area contributed by atoms with E-state index in [2.05, 4.69) is 83.3 Å². The Balaban J connectivity index is 1.68. The van der Waals surface area contributed by atoms with E-state index in [1.165, 1.54) is 40.6 Å². The van der Waals surface area contributed by atoms with Crippen LogP contribution in [0, 0.1) is 0 Å². The van der Waals surface area contributed by atoms with Crippen LogP contribution in [-0.2, 0) is 12.8 Å². The third-order valence-electron chi connectivity index (χ3n) is 5.64. The van der Waals surface area contributed by atoms with Crippen molar-refractivity contribution in [3.8, 4) is 0 Å². The number of nitrogens with zero attached hydrogens (tertiary/aromatic N) is 1. The molecule has 0 spiro atoms. The third-order valence-corrected chi connectivity index (χ3v) is 5.64. The van der Waals surface area contributed by atoms with Crippen LogP contribution < -0.4 is 5.32 Å². The Bertz CT molecular complexity index is 910. The molecule has 3 heteroatoms. The van der Waals surface area contributed by atoms with Gasteiger partial charge in [-0.25, -0.2) is 0 Å². The summed E-state index contributed by atoms with van der Waals surface area (Å²) in [7, 11) is 0. The Morgan fingerprint density at radius 1 is 1.15 bits per heavy atom. The molecule has 1 aliphatic heterocycles. The number of nitrogens with one attached hydrogen (secondary N) is 2. The lowest BCUT2D eigenvalue weighted by Crippen LogP contribution is -2.40. The molecule has 1 unspecified atom stereocenters. The van der Waals surface area contributed by atoms with Crippen molar-refractivity contribution >= 4 is 10.9 Å². The van der Waals surface area contributed by atoms with E-state index in [-0.39, 0.29) is 6.04 Å². The van der Waals surface area contributed by atoms with Crippen molar-refractivity contribution < 1.29 is 0 Å². The highest BCUT2D eigenvalue weighted by Crippen LogP contribution is 2.37. The van der Waals surface area contributed by atoms with Crippen molar-refractivity contribution in [1.29, 1.82) is 0 Å². The summed E-state index contributed by atoms with van der Waals surface area (Å²) in [6.07, 6.45) is 4.40. The Morgan fingerprint density at radius 3 is 2.74 bits per heavy atom. The van der Waals surface area contributed by atoms with Crippen LogP contribution in [0.25, 0.3) is 10.9 Å². The summed E-state index contributed by atoms with van der Waals surface area (Å²) in [4.78, 5) is 6.19. The van der Waals surface area contributed by atoms with Gasteiger partial charge < -0.3 is 15.2 Å². The van der Waals surface area contributed by atoms with Crippen molar-refractivity contribution in [1.82, 2.24) is 15.2 Å². The van der Waals surface area contributed by atoms with E-state index in [9.17, 15) is 0 Å². The summed E-state index contributed by atoms with van der Waals surface area (Å²) in [6.45, 7) is 8.59. The van der Waals surface area contributed by atoms with Gasteiger partial charge in [0.1, 0.15) is 0 Å². The van der Waals surface area contributed by atoms with E-state index >= 15 is 0 Å². The van der Waals surface area contributed by atoms with Gasteiger partial charge in [0.05, 0.1) is 11.9 Å². The zero-order chi connectivity index (χ0) is 18.6. The first-order valence-corrected chi connectivity index (χ1v) is 10.1. The molecule has 0 aliphatic carbocycles. The van der Waals surface area contributed by atoms with Crippen LogP contribution in [0.1, 0.15) is 42.6 Å². The highest BCUT2D eigenvalue weighted by molar-refractivity contribution is 5.85. The van der Waals surface area contributed by atoms with Crippen LogP contribution in [0.5, 0.6) is 0 Å². The Morgan fingerprint density at radius 2 is 1.93 bits per heavy atom. The van der Waals surface area contributed by atoms with Crippen molar-refractivity contribution in [3.63, 3.8) is 0 Å². The highest BCUT2D eigenvalue weighted by atomic mass is 15.3. The molecule has 3 aromatic rings. The first kappa shape index (κ1) is 17.7. The normalized spacial score (nSPS) is 16.3. The fourth-order valence-electron chi connectivity index (χ4n) is 4.20. The van der Waals surface area contributed by atoms with Crippen LogP contribution in [-0.4, -0.2) is 23.0 Å². The summed E-state index contributed by atoms with van der Waals surface area (Å²) in [6, 6.07) is 19.8. The lowest BCUT2D eigenvalue weighted by Gasteiger charge is -2.39. The van der Waals surface area contributed by atoms with Gasteiger partial charge in [0.25, 0.3) is 0 Å². The second-order valence-electron chi connectivity index (χ2n) is 7.44. The third kappa shape index (κ3) is 3.59. The van der Waals surface area contributed by atoms with E-state index in [1.807, 2.05) is 0 Å². The molecule has 2 N–H and O–H groups in total. The molecule has 0 fully saturated rings. The van der Waals surface area contributed by atoms with E-state index in [0.717, 1.165) is 31.8 Å². The summed E-state index contributed by atoms with van der Waals surface area (Å²) in [5.74, 6) is 1.05. The molecule has 2 aromatic carbocycles. The van der Waals surface area contributed by atoms with Gasteiger partial charge >= 0.3 is 0 Å². The lowest BCUT2D eigenvalue weighted by atomic mass is 9.93. The zero-order valence-corrected chi connectivity index (χ0v) is 16.2. The smallest absolute Gasteiger partial charge is 0.0944 e. The summed E-state index contributed by atoms with van der Waals surface area (Å²) >= 11 is 0. The maximum Gasteiger partial charge on any atom is 0.0944 e. The Kier molecular flexibility index (Phi) is 5.19. The van der Waals surface area contributed by atoms with Gasteiger partial charge in [-0.05, 0) is 36.5 Å². The molecule has 4 rings (SSSR count). The number of para-hydroxylation sites is 1. The van der Waals surface area contributed by atoms with Gasteiger partial charge in [-0.2, -0.15) is 0 Å². The number of unbranched alkanes of at least 4 members (excludes halogenated alkanes) is 1. The number of hydrogen-bond donors (Lipinski definition) is 2. The van der Waals surface area contributed by atoms with Gasteiger partial charge in [-0.1, -0.05) is 68.5 Å². The Hall–Kier alpha value is -2.68. The maximum absolute atomic E-state index is 4.37. The molecule has 3 nitrogen and oxygen atoms in total. The maximum atomic E-state index is 4.37. The van der Waals surface area contributed by atoms with Crippen molar-refractivity contribution in [2.45, 2.75) is 38.6 Å². The van der Waals surface area contributed by atoms with Crippen LogP contribution >= 0.6 is 0 Å². The predicted octanol–water partition coefficient (Wildman–Crippen LogP) is 5.17. The topological polar surface area (TPSA) is 31.1 Å². The van der Waals surface area contributed by atoms with Crippen molar-refractivity contribution in [2.24, 2.45) is 0 Å². The molecular weight excluding hydrogens is 330 g/mol. The Labute approximate surface area is 162 Å². The molecule has 0 saturated carbocycles. The van der Waals surface area contributed by atoms with Crippen molar-refractivity contribution in [3.05, 3.63) is 83.8 Å². The first-order valence-electron chi connectivity index (χ1n) is 10.1. The van der Waals surface area contributed by atoms with Gasteiger partial charge in [-0.3, -0.25) is 0 Å². The molecule has 1 atom stereocenters. The molecule has 1 aromatic heterocycles. The molecule has 0 radical (unpaired) electrons. The molecule has 0 saturated heterocycles. The van der Waals surface area contributed by atoms with Crippen LogP contribution in [0.15, 0.2) is 67.0 Å². The largest absolute Gasteiger partial charge is 0.372 e. The van der Waals surface area contributed by atoms with E-state index in [0.29, 0.717) is 0 Å². The standard InChI is InChI=1S/C24H29N3/c1-3-4-15-25-18(2)27-16-14-21-20-12-8-9-13-22(20)26-24(21)23(27)17-19-10-6-5-7-11-19/h5-13,23,25-26H,2-4,14-17H2,1H3. The van der Waals surface area contributed by atoms with Crippen LogP contribution in [0.4, 0.5) is 0 Å². The average molecular weight is 360 g/mol. The number of fused-ring (bicyclic) bond motifs is 3. The summed E-state index contributed by atoms with van der Waals surface area (Å²) < 4.78 is 0. The predicted molar refractivity (Wildman–Crippen MR) is 114 cm³/mol. The number of hydrogen-bond acceptors (Lipinski definition) is 2. The number of aromatic nitrogens is 1. The number of aromatic amines is 1. The molecule has 27 heavy (non-hydrogen) atoms. The summed E-state index contributed by atoms with van der Waals surface area (Å²) in [5.41, 5.74) is 5.43. The van der Waals surface area contributed by atoms with E-state index in [4.69, 9.17) is 0 Å². The first-order chi connectivity index (χ1) is 13.3. The van der Waals surface area contributed by atoms with Gasteiger partial charge in [-0.15, -0.1) is 0 Å². The number of rotatable bonds is 7. The quantitative estimate of drug-likeness (QED) is 0.570. The molecule has 140 valence electrons. The molecular formula is C24H29N3. The monoisotopic (exact) mass is 359 g/mol. The molecule has 1 aliphatic rings. The minimum atomic E-state index is 0.283. The fraction of sp³-hybridized carbons (Fsp3) is 0.333. The lowest BCUT2D eigenvalue weighted by molar-refractivity contribution is 0.220.